The van der Waals surface area contributed by atoms with Gasteiger partial charge in [0.05, 0.1) is 6.61 Å². The zero-order chi connectivity index (χ0) is 11.5. The van der Waals surface area contributed by atoms with Crippen molar-refractivity contribution in [2.24, 2.45) is 0 Å². The van der Waals surface area contributed by atoms with Crippen LogP contribution in [0.15, 0.2) is 18.5 Å². The molecule has 1 aliphatic heterocycles. The van der Waals surface area contributed by atoms with Crippen LogP contribution in [0.1, 0.15) is 11.7 Å². The van der Waals surface area contributed by atoms with Gasteiger partial charge in [0.1, 0.15) is 12.2 Å². The van der Waals surface area contributed by atoms with Gasteiger partial charge in [0, 0.05) is 36.7 Å². The predicted octanol–water partition coefficient (Wildman–Crippen LogP) is 0.0278. The summed E-state index contributed by atoms with van der Waals surface area (Å²) in [6, 6.07) is 1.69. The van der Waals surface area contributed by atoms with Crippen molar-refractivity contribution >= 4 is 5.69 Å². The molecule has 16 heavy (non-hydrogen) atoms. The van der Waals surface area contributed by atoms with E-state index in [9.17, 15) is 5.11 Å². The molecule has 0 bridgehead atoms. The average Bonchev–Trinajstić information content (AvgIpc) is 2.29. The van der Waals surface area contributed by atoms with E-state index in [1.165, 1.54) is 0 Å². The molecule has 5 heteroatoms. The summed E-state index contributed by atoms with van der Waals surface area (Å²) in [5.41, 5.74) is 6.99. The number of hydrogen-bond acceptors (Lipinski definition) is 5. The number of aliphatic hydroxyl groups excluding tert-OH is 1. The van der Waals surface area contributed by atoms with Crippen molar-refractivity contribution in [2.75, 3.05) is 32.5 Å². The van der Waals surface area contributed by atoms with Crippen LogP contribution in [0.2, 0.25) is 0 Å². The third-order valence-corrected chi connectivity index (χ3v) is 2.85. The van der Waals surface area contributed by atoms with E-state index >= 15 is 0 Å². The van der Waals surface area contributed by atoms with Gasteiger partial charge in [0.25, 0.3) is 0 Å². The SMILES string of the molecule is CN1CCOC(C(O)c2cnccc2N)C1. The van der Waals surface area contributed by atoms with Gasteiger partial charge in [-0.05, 0) is 13.1 Å². The average molecular weight is 223 g/mol. The largest absolute Gasteiger partial charge is 0.398 e. The molecule has 0 amide bonds. The molecular weight excluding hydrogens is 206 g/mol. The fourth-order valence-corrected chi connectivity index (χ4v) is 1.87. The van der Waals surface area contributed by atoms with E-state index in [2.05, 4.69) is 9.88 Å². The number of pyridine rings is 1. The Labute approximate surface area is 94.8 Å². The Kier molecular flexibility index (Phi) is 3.38. The molecule has 88 valence electrons. The lowest BCUT2D eigenvalue weighted by Gasteiger charge is -2.33. The van der Waals surface area contributed by atoms with Gasteiger partial charge in [-0.3, -0.25) is 4.98 Å². The second-order valence-corrected chi connectivity index (χ2v) is 4.12. The molecule has 1 fully saturated rings. The van der Waals surface area contributed by atoms with Crippen molar-refractivity contribution < 1.29 is 9.84 Å². The number of ether oxygens (including phenoxy) is 1. The summed E-state index contributed by atoms with van der Waals surface area (Å²) < 4.78 is 5.54. The smallest absolute Gasteiger partial charge is 0.110 e. The van der Waals surface area contributed by atoms with Crippen LogP contribution in [-0.2, 0) is 4.74 Å². The van der Waals surface area contributed by atoms with Crippen LogP contribution in [0.3, 0.4) is 0 Å². The number of rotatable bonds is 2. The highest BCUT2D eigenvalue weighted by atomic mass is 16.5. The molecule has 1 aromatic heterocycles. The van der Waals surface area contributed by atoms with Gasteiger partial charge < -0.3 is 20.5 Å². The molecule has 0 aromatic carbocycles. The van der Waals surface area contributed by atoms with Gasteiger partial charge in [0.15, 0.2) is 0 Å². The standard InChI is InChI=1S/C11H17N3O2/c1-14-4-5-16-10(7-14)11(15)8-6-13-3-2-9(8)12/h2-3,6,10-11,15H,4-5,7H2,1H3,(H2,12,13). The summed E-state index contributed by atoms with van der Waals surface area (Å²) in [5, 5.41) is 10.2. The van der Waals surface area contributed by atoms with Gasteiger partial charge in [0.2, 0.25) is 0 Å². The van der Waals surface area contributed by atoms with Crippen molar-refractivity contribution in [3.05, 3.63) is 24.0 Å². The van der Waals surface area contributed by atoms with Crippen LogP contribution < -0.4 is 5.73 Å². The number of hydrogen-bond donors (Lipinski definition) is 2. The summed E-state index contributed by atoms with van der Waals surface area (Å²) in [5.74, 6) is 0. The quantitative estimate of drug-likeness (QED) is 0.740. The third-order valence-electron chi connectivity index (χ3n) is 2.85. The van der Waals surface area contributed by atoms with Crippen LogP contribution in [0.5, 0.6) is 0 Å². The normalized spacial score (nSPS) is 24.2. The molecule has 2 rings (SSSR count). The number of anilines is 1. The third kappa shape index (κ3) is 2.32. The fraction of sp³-hybridized carbons (Fsp3) is 0.545. The molecule has 2 atom stereocenters. The van der Waals surface area contributed by atoms with Crippen LogP contribution in [0.4, 0.5) is 5.69 Å². The van der Waals surface area contributed by atoms with Crippen molar-refractivity contribution in [2.45, 2.75) is 12.2 Å². The Morgan fingerprint density at radius 2 is 2.50 bits per heavy atom. The first-order valence-corrected chi connectivity index (χ1v) is 5.36. The van der Waals surface area contributed by atoms with Crippen molar-refractivity contribution in [3.8, 4) is 0 Å². The highest BCUT2D eigenvalue weighted by Crippen LogP contribution is 2.25. The molecule has 1 aromatic rings. The molecule has 3 N–H and O–H groups in total. The summed E-state index contributed by atoms with van der Waals surface area (Å²) in [6.07, 6.45) is 2.26. The molecule has 0 radical (unpaired) electrons. The van der Waals surface area contributed by atoms with Crippen LogP contribution in [0.25, 0.3) is 0 Å². The lowest BCUT2D eigenvalue weighted by atomic mass is 10.0. The number of morpholine rings is 1. The first-order chi connectivity index (χ1) is 7.68. The van der Waals surface area contributed by atoms with Gasteiger partial charge >= 0.3 is 0 Å². The van der Waals surface area contributed by atoms with Gasteiger partial charge in [-0.1, -0.05) is 0 Å². The summed E-state index contributed by atoms with van der Waals surface area (Å²) in [6.45, 7) is 2.24. The predicted molar refractivity (Wildman–Crippen MR) is 60.8 cm³/mol. The Hall–Kier alpha value is -1.17. The first-order valence-electron chi connectivity index (χ1n) is 5.36. The van der Waals surface area contributed by atoms with E-state index in [4.69, 9.17) is 10.5 Å². The maximum absolute atomic E-state index is 10.2. The summed E-state index contributed by atoms with van der Waals surface area (Å²) in [4.78, 5) is 6.10. The van der Waals surface area contributed by atoms with Crippen molar-refractivity contribution in [3.63, 3.8) is 0 Å². The fourth-order valence-electron chi connectivity index (χ4n) is 1.87. The zero-order valence-corrected chi connectivity index (χ0v) is 9.34. The van der Waals surface area contributed by atoms with Crippen LogP contribution in [-0.4, -0.2) is 47.8 Å². The molecule has 2 unspecified atom stereocenters. The van der Waals surface area contributed by atoms with Gasteiger partial charge in [-0.15, -0.1) is 0 Å². The lowest BCUT2D eigenvalue weighted by Crippen LogP contribution is -2.43. The number of aliphatic hydroxyl groups is 1. The maximum atomic E-state index is 10.2. The maximum Gasteiger partial charge on any atom is 0.110 e. The highest BCUT2D eigenvalue weighted by molar-refractivity contribution is 5.46. The van der Waals surface area contributed by atoms with E-state index < -0.39 is 6.10 Å². The van der Waals surface area contributed by atoms with Crippen LogP contribution in [0, 0.1) is 0 Å². The Morgan fingerprint density at radius 1 is 1.69 bits per heavy atom. The molecule has 5 nitrogen and oxygen atoms in total. The highest BCUT2D eigenvalue weighted by Gasteiger charge is 2.27. The molecule has 1 aliphatic rings. The summed E-state index contributed by atoms with van der Waals surface area (Å²) >= 11 is 0. The topological polar surface area (TPSA) is 71.6 Å². The molecule has 0 saturated carbocycles. The number of aromatic nitrogens is 1. The monoisotopic (exact) mass is 223 g/mol. The zero-order valence-electron chi connectivity index (χ0n) is 9.34. The van der Waals surface area contributed by atoms with E-state index in [-0.39, 0.29) is 6.10 Å². The summed E-state index contributed by atoms with van der Waals surface area (Å²) in [7, 11) is 2.01. The minimum atomic E-state index is -0.712. The minimum absolute atomic E-state index is 0.231. The number of likely N-dealkylation sites (N-methyl/N-ethyl adjacent to an activating group) is 1. The molecule has 1 saturated heterocycles. The second-order valence-electron chi connectivity index (χ2n) is 4.12. The van der Waals surface area contributed by atoms with E-state index in [1.807, 2.05) is 7.05 Å². The number of nitrogen functional groups attached to an aromatic ring is 1. The first kappa shape index (κ1) is 11.3. The van der Waals surface area contributed by atoms with Crippen molar-refractivity contribution in [1.29, 1.82) is 0 Å². The Balaban J connectivity index is 2.12. The second kappa shape index (κ2) is 4.78. The Morgan fingerprint density at radius 3 is 3.19 bits per heavy atom. The molecule has 0 aliphatic carbocycles. The van der Waals surface area contributed by atoms with Crippen molar-refractivity contribution in [1.82, 2.24) is 9.88 Å². The molecule has 2 heterocycles. The Bertz CT molecular complexity index is 359. The number of nitrogens with zero attached hydrogens (tertiary/aromatic N) is 2. The van der Waals surface area contributed by atoms with Gasteiger partial charge in [-0.25, -0.2) is 0 Å². The van der Waals surface area contributed by atoms with E-state index in [1.54, 1.807) is 18.5 Å². The lowest BCUT2D eigenvalue weighted by molar-refractivity contribution is -0.0843. The minimum Gasteiger partial charge on any atom is -0.398 e. The van der Waals surface area contributed by atoms with Gasteiger partial charge in [-0.2, -0.15) is 0 Å². The van der Waals surface area contributed by atoms with E-state index in [0.717, 1.165) is 6.54 Å². The van der Waals surface area contributed by atoms with E-state index in [0.29, 0.717) is 24.4 Å². The molecule has 0 spiro atoms. The van der Waals surface area contributed by atoms with Crippen LogP contribution >= 0.6 is 0 Å². The number of nitrogens with two attached hydrogens (primary N) is 1. The molecular formula is C11H17N3O2.